The van der Waals surface area contributed by atoms with E-state index in [2.05, 4.69) is 11.6 Å². The van der Waals surface area contributed by atoms with Crippen molar-refractivity contribution in [2.45, 2.75) is 6.04 Å². The molecule has 3 N–H and O–H groups in total. The summed E-state index contributed by atoms with van der Waals surface area (Å²) in [6.45, 7) is 3.53. The molecule has 1 heterocycles. The van der Waals surface area contributed by atoms with E-state index in [0.717, 1.165) is 5.56 Å². The molecular weight excluding hydrogens is 140 g/mol. The highest BCUT2D eigenvalue weighted by atomic mass is 16.1. The van der Waals surface area contributed by atoms with Crippen molar-refractivity contribution in [2.24, 2.45) is 5.73 Å². The van der Waals surface area contributed by atoms with Gasteiger partial charge in [0.05, 0.1) is 0 Å². The van der Waals surface area contributed by atoms with Crippen LogP contribution in [0, 0.1) is 0 Å². The van der Waals surface area contributed by atoms with Crippen molar-refractivity contribution in [3.63, 3.8) is 0 Å². The molecule has 0 aliphatic carbocycles. The van der Waals surface area contributed by atoms with Gasteiger partial charge in [0.2, 0.25) is 5.56 Å². The van der Waals surface area contributed by atoms with Crippen molar-refractivity contribution in [3.05, 3.63) is 46.9 Å². The molecule has 0 radical (unpaired) electrons. The minimum atomic E-state index is -0.253. The number of pyridine rings is 1. The Morgan fingerprint density at radius 1 is 1.73 bits per heavy atom. The molecule has 58 valence electrons. The van der Waals surface area contributed by atoms with Gasteiger partial charge in [-0.05, 0) is 11.6 Å². The molecule has 1 atom stereocenters. The van der Waals surface area contributed by atoms with E-state index in [0.29, 0.717) is 0 Å². The number of nitrogens with two attached hydrogens (primary N) is 1. The third-order valence-corrected chi connectivity index (χ3v) is 1.44. The average molecular weight is 150 g/mol. The van der Waals surface area contributed by atoms with Crippen molar-refractivity contribution < 1.29 is 0 Å². The number of aromatic nitrogens is 1. The lowest BCUT2D eigenvalue weighted by Crippen LogP contribution is -2.11. The minimum absolute atomic E-state index is 0.139. The third-order valence-electron chi connectivity index (χ3n) is 1.44. The maximum Gasteiger partial charge on any atom is 0.248 e. The monoisotopic (exact) mass is 150 g/mol. The van der Waals surface area contributed by atoms with Crippen molar-refractivity contribution in [2.75, 3.05) is 0 Å². The normalized spacial score (nSPS) is 12.5. The summed E-state index contributed by atoms with van der Waals surface area (Å²) in [5.41, 5.74) is 6.23. The molecule has 1 aromatic rings. The fraction of sp³-hybridized carbons (Fsp3) is 0.125. The Kier molecular flexibility index (Phi) is 2.23. The van der Waals surface area contributed by atoms with Crippen LogP contribution in [0.3, 0.4) is 0 Å². The zero-order valence-electron chi connectivity index (χ0n) is 6.08. The summed E-state index contributed by atoms with van der Waals surface area (Å²) in [7, 11) is 0. The van der Waals surface area contributed by atoms with Gasteiger partial charge in [0, 0.05) is 18.3 Å². The SMILES string of the molecule is C=C[C@@H](N)c1cc[nH]c(=O)c1. The predicted molar refractivity (Wildman–Crippen MR) is 44.2 cm³/mol. The largest absolute Gasteiger partial charge is 0.329 e. The van der Waals surface area contributed by atoms with E-state index in [4.69, 9.17) is 5.73 Å². The number of aromatic amines is 1. The van der Waals surface area contributed by atoms with E-state index in [1.165, 1.54) is 6.07 Å². The van der Waals surface area contributed by atoms with Crippen LogP contribution in [0.4, 0.5) is 0 Å². The Labute approximate surface area is 64.6 Å². The zero-order chi connectivity index (χ0) is 8.27. The van der Waals surface area contributed by atoms with Crippen molar-refractivity contribution in [1.29, 1.82) is 0 Å². The van der Waals surface area contributed by atoms with Gasteiger partial charge in [0.25, 0.3) is 0 Å². The summed E-state index contributed by atoms with van der Waals surface area (Å²) in [6, 6.07) is 2.97. The quantitative estimate of drug-likeness (QED) is 0.605. The van der Waals surface area contributed by atoms with Crippen LogP contribution in [-0.4, -0.2) is 4.98 Å². The van der Waals surface area contributed by atoms with Crippen molar-refractivity contribution >= 4 is 0 Å². The van der Waals surface area contributed by atoms with Gasteiger partial charge >= 0.3 is 0 Å². The second-order valence-electron chi connectivity index (χ2n) is 2.25. The van der Waals surface area contributed by atoms with E-state index >= 15 is 0 Å². The Morgan fingerprint density at radius 3 is 3.00 bits per heavy atom. The zero-order valence-corrected chi connectivity index (χ0v) is 6.08. The van der Waals surface area contributed by atoms with Gasteiger partial charge < -0.3 is 10.7 Å². The lowest BCUT2D eigenvalue weighted by atomic mass is 10.1. The number of rotatable bonds is 2. The van der Waals surface area contributed by atoms with Crippen LogP contribution in [0.2, 0.25) is 0 Å². The third kappa shape index (κ3) is 1.78. The highest BCUT2D eigenvalue weighted by Gasteiger charge is 1.99. The molecule has 3 heteroatoms. The van der Waals surface area contributed by atoms with Crippen LogP contribution in [0.15, 0.2) is 35.8 Å². The second kappa shape index (κ2) is 3.16. The molecule has 0 unspecified atom stereocenters. The topological polar surface area (TPSA) is 58.9 Å². The average Bonchev–Trinajstić information content (AvgIpc) is 2.03. The summed E-state index contributed by atoms with van der Waals surface area (Å²) in [5, 5.41) is 0. The lowest BCUT2D eigenvalue weighted by molar-refractivity contribution is 0.905. The molecule has 0 amide bonds. The molecule has 11 heavy (non-hydrogen) atoms. The molecular formula is C8H10N2O. The first kappa shape index (κ1) is 7.75. The fourth-order valence-electron chi connectivity index (χ4n) is 0.805. The highest BCUT2D eigenvalue weighted by molar-refractivity contribution is 5.18. The summed E-state index contributed by atoms with van der Waals surface area (Å²) in [4.78, 5) is 13.3. The maximum atomic E-state index is 10.8. The second-order valence-corrected chi connectivity index (χ2v) is 2.25. The van der Waals surface area contributed by atoms with Crippen LogP contribution in [0.1, 0.15) is 11.6 Å². The Bertz CT molecular complexity index is 303. The molecule has 0 saturated carbocycles. The van der Waals surface area contributed by atoms with E-state index in [-0.39, 0.29) is 11.6 Å². The van der Waals surface area contributed by atoms with Crippen molar-refractivity contribution in [3.8, 4) is 0 Å². The van der Waals surface area contributed by atoms with Crippen LogP contribution in [-0.2, 0) is 0 Å². The number of hydrogen-bond acceptors (Lipinski definition) is 2. The van der Waals surface area contributed by atoms with E-state index in [1.54, 1.807) is 18.3 Å². The van der Waals surface area contributed by atoms with Crippen molar-refractivity contribution in [1.82, 2.24) is 4.98 Å². The summed E-state index contributed by atoms with van der Waals surface area (Å²) >= 11 is 0. The molecule has 0 aromatic carbocycles. The molecule has 0 bridgehead atoms. The van der Waals surface area contributed by atoms with Gasteiger partial charge in [-0.15, -0.1) is 6.58 Å². The van der Waals surface area contributed by atoms with Gasteiger partial charge in [-0.3, -0.25) is 4.79 Å². The van der Waals surface area contributed by atoms with Gasteiger partial charge in [-0.25, -0.2) is 0 Å². The molecule has 3 nitrogen and oxygen atoms in total. The Balaban J connectivity index is 3.05. The van der Waals surface area contributed by atoms with Gasteiger partial charge in [-0.2, -0.15) is 0 Å². The predicted octanol–water partition coefficient (Wildman–Crippen LogP) is 0.561. The van der Waals surface area contributed by atoms with E-state index in [9.17, 15) is 4.79 Å². The summed E-state index contributed by atoms with van der Waals surface area (Å²) in [5.74, 6) is 0. The molecule has 0 aliphatic rings. The standard InChI is InChI=1S/C8H10N2O/c1-2-7(9)6-3-4-10-8(11)5-6/h2-5,7H,1,9H2,(H,10,11)/t7-/m1/s1. The molecule has 0 aliphatic heterocycles. The number of hydrogen-bond donors (Lipinski definition) is 2. The van der Waals surface area contributed by atoms with Gasteiger partial charge in [0.1, 0.15) is 0 Å². The lowest BCUT2D eigenvalue weighted by Gasteiger charge is -2.03. The molecule has 0 spiro atoms. The first-order chi connectivity index (χ1) is 5.24. The fourth-order valence-corrected chi connectivity index (χ4v) is 0.805. The van der Waals surface area contributed by atoms with Crippen LogP contribution < -0.4 is 11.3 Å². The van der Waals surface area contributed by atoms with E-state index < -0.39 is 0 Å². The first-order valence-electron chi connectivity index (χ1n) is 3.31. The number of nitrogens with one attached hydrogen (secondary N) is 1. The maximum absolute atomic E-state index is 10.8. The van der Waals surface area contributed by atoms with Crippen LogP contribution >= 0.6 is 0 Å². The molecule has 1 rings (SSSR count). The first-order valence-corrected chi connectivity index (χ1v) is 3.31. The number of H-pyrrole nitrogens is 1. The van der Waals surface area contributed by atoms with E-state index in [1.807, 2.05) is 0 Å². The Hall–Kier alpha value is -1.35. The molecule has 1 aromatic heterocycles. The van der Waals surface area contributed by atoms with Crippen LogP contribution in [0.25, 0.3) is 0 Å². The van der Waals surface area contributed by atoms with Gasteiger partial charge in [0.15, 0.2) is 0 Å². The highest BCUT2D eigenvalue weighted by Crippen LogP contribution is 2.05. The summed E-state index contributed by atoms with van der Waals surface area (Å²) < 4.78 is 0. The smallest absolute Gasteiger partial charge is 0.248 e. The van der Waals surface area contributed by atoms with Crippen LogP contribution in [0.5, 0.6) is 0 Å². The minimum Gasteiger partial charge on any atom is -0.329 e. The molecule has 0 saturated heterocycles. The summed E-state index contributed by atoms with van der Waals surface area (Å²) in [6.07, 6.45) is 3.16. The molecule has 0 fully saturated rings. The van der Waals surface area contributed by atoms with Gasteiger partial charge in [-0.1, -0.05) is 6.08 Å². The Morgan fingerprint density at radius 2 is 2.45 bits per heavy atom.